The Morgan fingerprint density at radius 1 is 0.849 bits per heavy atom. The molecule has 5 heterocycles. The molecule has 3 aliphatic rings. The Bertz CT molecular complexity index is 3210. The van der Waals surface area contributed by atoms with Crippen molar-refractivity contribution in [1.29, 1.82) is 0 Å². The number of β-amino-alcohol motifs (C(OH)–C–C–N with tert-alkyl or cyclic N) is 1. The number of unbranched alkanes of at least 4 members (excludes halogenated alkanes) is 6. The zero-order chi connectivity index (χ0) is 62.6. The minimum Gasteiger partial charge on any atom is -0.391 e. The van der Waals surface area contributed by atoms with Crippen LogP contribution in [-0.4, -0.2) is 167 Å². The number of benzene rings is 2. The molecule has 9 amide bonds. The summed E-state index contributed by atoms with van der Waals surface area (Å²) >= 11 is 1.55. The minimum absolute atomic E-state index is 0.0312. The average Bonchev–Trinajstić information content (AvgIpc) is 2.63. The summed E-state index contributed by atoms with van der Waals surface area (Å²) in [7, 11) is -5.09. The van der Waals surface area contributed by atoms with E-state index in [0.717, 1.165) is 53.8 Å². The summed E-state index contributed by atoms with van der Waals surface area (Å²) in [5, 5.41) is 25.0. The highest BCUT2D eigenvalue weighted by Crippen LogP contribution is 2.40. The number of nitrogens with two attached hydrogens (primary N) is 1. The number of nitrogens with zero attached hydrogens (tertiary/aromatic N) is 4. The van der Waals surface area contributed by atoms with Gasteiger partial charge in [0.2, 0.25) is 47.3 Å². The van der Waals surface area contributed by atoms with Gasteiger partial charge in [-0.05, 0) is 86.3 Å². The highest BCUT2D eigenvalue weighted by atomic mass is 32.1. The fourth-order valence-electron chi connectivity index (χ4n) is 11.3. The standard InChI is InChI=1S/C59H80N11O14PS/c1-34-50(86-33-63-34)37-16-14-36(15-17-37)30-62-54(77)47-29-41(72)31-69(47)57(80)51(59(3,4)5)67-49(74)13-11-9-7-6-8-10-12-25-61-52(75)43(21-23-48(60)73)65-55(78)46-22-19-40-24-26-68(35(2)71)32-45(56(79)70(40)46)66-53(76)44-28-39-27-38(18-20-42(39)64-44)58(81)85(82,83)84/h14-18,20,27-28,33,40-41,43,45-47,51,64,72H,6-13,19,21-26,29-32H2,1-5H3,(H2,60,73)(H,61,75)(H,62,77)(H,65,78)(H,66,76)(H,67,74)(H2,82,83,84)/t40-,41-,43+,45?,46+,47+,51-/m1/s1. The predicted octanol–water partition coefficient (Wildman–Crippen LogP) is 3.42. The van der Waals surface area contributed by atoms with Crippen molar-refractivity contribution >= 4 is 88.5 Å². The van der Waals surface area contributed by atoms with Gasteiger partial charge in [0.25, 0.3) is 11.4 Å². The number of aromatic amines is 1. The van der Waals surface area contributed by atoms with Gasteiger partial charge < -0.3 is 66.9 Å². The third-order valence-corrected chi connectivity index (χ3v) is 17.8. The lowest BCUT2D eigenvalue weighted by atomic mass is 9.85. The molecule has 25 nitrogen and oxygen atoms in total. The Labute approximate surface area is 502 Å². The zero-order valence-corrected chi connectivity index (χ0v) is 50.9. The second-order valence-corrected chi connectivity index (χ2v) is 26.0. The van der Waals surface area contributed by atoms with Crippen molar-refractivity contribution in [1.82, 2.24) is 51.3 Å². The molecular formula is C59H80N11O14PS. The molecule has 27 heteroatoms. The summed E-state index contributed by atoms with van der Waals surface area (Å²) in [6, 6.07) is 7.01. The molecule has 11 N–H and O–H groups in total. The number of aryl methyl sites for hydroxylation is 1. The van der Waals surface area contributed by atoms with Crippen molar-refractivity contribution in [2.45, 2.75) is 173 Å². The molecule has 0 saturated carbocycles. The van der Waals surface area contributed by atoms with E-state index in [9.17, 15) is 67.4 Å². The van der Waals surface area contributed by atoms with Crippen LogP contribution in [0.25, 0.3) is 21.3 Å². The summed E-state index contributed by atoms with van der Waals surface area (Å²) < 4.78 is 11.6. The SMILES string of the molecule is CC(=O)N1CC[C@H]2CC[C@@H](C(=O)N[C@@H](CCC(N)=O)C(=O)NCCCCCCCCCC(=O)N[C@H](C(=O)N3C[C@H](O)C[C@H]3C(=O)NCc3ccc(-c4scnc4C)cc3)C(C)(C)C)N2C(=O)C(NC(=O)c2cc3cc(C(=O)P(=O)(O)O)ccc3[nH]2)C1. The van der Waals surface area contributed by atoms with Crippen LogP contribution in [0, 0.1) is 12.3 Å². The van der Waals surface area contributed by atoms with Gasteiger partial charge in [0, 0.05) is 81.4 Å². The molecule has 0 bridgehead atoms. The predicted molar refractivity (Wildman–Crippen MR) is 318 cm³/mol. The number of amides is 9. The van der Waals surface area contributed by atoms with Gasteiger partial charge in [-0.2, -0.15) is 0 Å². The lowest BCUT2D eigenvalue weighted by Gasteiger charge is -2.38. The van der Waals surface area contributed by atoms with Gasteiger partial charge in [-0.25, -0.2) is 4.98 Å². The minimum atomic E-state index is -5.09. The van der Waals surface area contributed by atoms with Crippen LogP contribution in [-0.2, 0) is 49.5 Å². The van der Waals surface area contributed by atoms with Gasteiger partial charge in [0.05, 0.1) is 22.2 Å². The highest BCUT2D eigenvalue weighted by Gasteiger charge is 2.47. The molecule has 466 valence electrons. The van der Waals surface area contributed by atoms with Gasteiger partial charge >= 0.3 is 7.60 Å². The number of hydrogen-bond donors (Lipinski definition) is 10. The van der Waals surface area contributed by atoms with E-state index in [1.807, 2.05) is 52.0 Å². The number of thiazole rings is 1. The van der Waals surface area contributed by atoms with Crippen molar-refractivity contribution in [3.63, 3.8) is 0 Å². The third-order valence-electron chi connectivity index (χ3n) is 16.0. The maximum Gasteiger partial charge on any atom is 0.396 e. The van der Waals surface area contributed by atoms with Crippen LogP contribution in [0.3, 0.4) is 0 Å². The number of likely N-dealkylation sites (tertiary alicyclic amines) is 1. The maximum atomic E-state index is 14.5. The normalized spacial score (nSPS) is 19.7. The Hall–Kier alpha value is -7.38. The number of rotatable bonds is 26. The molecular weight excluding hydrogens is 1150 g/mol. The van der Waals surface area contributed by atoms with Crippen molar-refractivity contribution < 1.29 is 67.4 Å². The van der Waals surface area contributed by atoms with Gasteiger partial charge in [-0.1, -0.05) is 77.1 Å². The van der Waals surface area contributed by atoms with Crippen LogP contribution >= 0.6 is 18.9 Å². The molecule has 2 aromatic carbocycles. The molecule has 3 saturated heterocycles. The molecule has 7 rings (SSSR count). The number of nitrogens with one attached hydrogen (secondary N) is 6. The summed E-state index contributed by atoms with van der Waals surface area (Å²) in [5.41, 5.74) is 8.02. The van der Waals surface area contributed by atoms with Crippen LogP contribution in [0.15, 0.2) is 54.0 Å². The van der Waals surface area contributed by atoms with E-state index in [1.54, 1.807) is 16.8 Å². The summed E-state index contributed by atoms with van der Waals surface area (Å²) in [6.45, 7) is 9.26. The fourth-order valence-corrected chi connectivity index (χ4v) is 12.6. The number of carbonyl (C=O) groups is 10. The van der Waals surface area contributed by atoms with Gasteiger partial charge in [-0.3, -0.25) is 52.5 Å². The summed E-state index contributed by atoms with van der Waals surface area (Å²) in [4.78, 5) is 165. The zero-order valence-electron chi connectivity index (χ0n) is 49.2. The number of aromatic nitrogens is 2. The Kier molecular flexibility index (Phi) is 22.6. The van der Waals surface area contributed by atoms with E-state index < -0.39 is 96.3 Å². The smallest absolute Gasteiger partial charge is 0.391 e. The van der Waals surface area contributed by atoms with Gasteiger partial charge in [0.1, 0.15) is 35.9 Å². The summed E-state index contributed by atoms with van der Waals surface area (Å²) in [6.07, 6.45) is 5.23. The quantitative estimate of drug-likeness (QED) is 0.0318. The highest BCUT2D eigenvalue weighted by molar-refractivity contribution is 7.70. The van der Waals surface area contributed by atoms with Gasteiger partial charge in [0.15, 0.2) is 0 Å². The lowest BCUT2D eigenvalue weighted by Crippen LogP contribution is -2.61. The Balaban J connectivity index is 0.836. The molecule has 0 spiro atoms. The topological polar surface area (TPSA) is 373 Å². The second kappa shape index (κ2) is 29.3. The number of hydrogen-bond acceptors (Lipinski definition) is 14. The van der Waals surface area contributed by atoms with E-state index in [0.29, 0.717) is 31.2 Å². The van der Waals surface area contributed by atoms with Gasteiger partial charge in [-0.15, -0.1) is 11.3 Å². The molecule has 1 unspecified atom stereocenters. The van der Waals surface area contributed by atoms with E-state index >= 15 is 0 Å². The first-order valence-electron chi connectivity index (χ1n) is 29.2. The molecule has 2 aromatic heterocycles. The van der Waals surface area contributed by atoms with Crippen molar-refractivity contribution in [2.75, 3.05) is 26.2 Å². The molecule has 0 aliphatic carbocycles. The first-order valence-corrected chi connectivity index (χ1v) is 31.7. The molecule has 3 aliphatic heterocycles. The molecule has 4 aromatic rings. The van der Waals surface area contributed by atoms with Crippen LogP contribution in [0.2, 0.25) is 0 Å². The Morgan fingerprint density at radius 2 is 1.55 bits per heavy atom. The average molecular weight is 1230 g/mol. The number of primary amides is 1. The third kappa shape index (κ3) is 17.4. The van der Waals surface area contributed by atoms with E-state index in [-0.39, 0.29) is 99.2 Å². The second-order valence-electron chi connectivity index (χ2n) is 23.6. The van der Waals surface area contributed by atoms with Crippen molar-refractivity contribution in [2.24, 2.45) is 11.1 Å². The van der Waals surface area contributed by atoms with E-state index in [4.69, 9.17) is 5.73 Å². The van der Waals surface area contributed by atoms with E-state index in [1.165, 1.54) is 45.9 Å². The Morgan fingerprint density at radius 3 is 2.20 bits per heavy atom. The number of aliphatic hydroxyl groups excluding tert-OH is 1. The number of carbonyl (C=O) groups excluding carboxylic acids is 10. The molecule has 0 radical (unpaired) electrons. The van der Waals surface area contributed by atoms with Crippen molar-refractivity contribution in [3.05, 3.63) is 76.6 Å². The van der Waals surface area contributed by atoms with E-state index in [2.05, 4.69) is 36.6 Å². The molecule has 86 heavy (non-hydrogen) atoms. The lowest BCUT2D eigenvalue weighted by molar-refractivity contribution is -0.145. The van der Waals surface area contributed by atoms with Crippen LogP contribution in [0.4, 0.5) is 0 Å². The molecule has 3 fully saturated rings. The largest absolute Gasteiger partial charge is 0.396 e. The van der Waals surface area contributed by atoms with Crippen LogP contribution in [0.1, 0.15) is 150 Å². The monoisotopic (exact) mass is 1230 g/mol. The fraction of sp³-hybridized carbons (Fsp3) is 0.542. The van der Waals surface area contributed by atoms with Crippen LogP contribution < -0.4 is 32.3 Å². The molecule has 7 atom stereocenters. The number of aliphatic hydroxyl groups is 1. The summed E-state index contributed by atoms with van der Waals surface area (Å²) in [5.74, 6) is -4.75. The number of H-pyrrole nitrogens is 1. The maximum absolute atomic E-state index is 14.5. The first-order chi connectivity index (χ1) is 40.7. The van der Waals surface area contributed by atoms with Crippen LogP contribution in [0.5, 0.6) is 0 Å². The number of fused-ring (bicyclic) bond motifs is 2. The van der Waals surface area contributed by atoms with Crippen molar-refractivity contribution in [3.8, 4) is 10.4 Å². The first kappa shape index (κ1) is 66.2.